The van der Waals surface area contributed by atoms with Gasteiger partial charge in [0, 0.05) is 11.1 Å². The van der Waals surface area contributed by atoms with E-state index >= 15 is 0 Å². The molecule has 0 aliphatic carbocycles. The van der Waals surface area contributed by atoms with Crippen molar-refractivity contribution in [3.63, 3.8) is 0 Å². The number of hydrogen-bond acceptors (Lipinski definition) is 3. The predicted octanol–water partition coefficient (Wildman–Crippen LogP) is 4.37. The van der Waals surface area contributed by atoms with E-state index in [-0.39, 0.29) is 6.04 Å². The molecule has 0 saturated carbocycles. The molecule has 6 heteroatoms. The molecule has 1 aromatic carbocycles. The molecule has 3 rings (SSSR count). The highest BCUT2D eigenvalue weighted by Gasteiger charge is 2.15. The van der Waals surface area contributed by atoms with Crippen molar-refractivity contribution in [2.75, 3.05) is 7.11 Å². The molecule has 4 nitrogen and oxygen atoms in total. The van der Waals surface area contributed by atoms with E-state index < -0.39 is 0 Å². The molecule has 0 amide bonds. The molecular formula is C15H14ClN3OS. The number of methoxy groups -OCH3 is 1. The lowest BCUT2D eigenvalue weighted by molar-refractivity contribution is 0.398. The Hall–Kier alpha value is -1.85. The summed E-state index contributed by atoms with van der Waals surface area (Å²) < 4.78 is 7.79. The molecule has 1 atom stereocenters. The van der Waals surface area contributed by atoms with Gasteiger partial charge in [-0.1, -0.05) is 23.7 Å². The third kappa shape index (κ3) is 2.54. The minimum absolute atomic E-state index is 0.0181. The Labute approximate surface area is 132 Å². The summed E-state index contributed by atoms with van der Waals surface area (Å²) in [5, 5.41) is 0.705. The van der Waals surface area contributed by atoms with Crippen molar-refractivity contribution in [3.05, 3.63) is 51.8 Å². The number of rotatable bonds is 3. The van der Waals surface area contributed by atoms with Gasteiger partial charge in [-0.05, 0) is 42.9 Å². The van der Waals surface area contributed by atoms with Crippen molar-refractivity contribution in [2.45, 2.75) is 13.0 Å². The van der Waals surface area contributed by atoms with Crippen molar-refractivity contribution in [1.82, 2.24) is 14.5 Å². The smallest absolute Gasteiger partial charge is 0.215 e. The van der Waals surface area contributed by atoms with Crippen LogP contribution in [-0.4, -0.2) is 21.6 Å². The number of aromatic nitrogens is 3. The second-order valence-corrected chi connectivity index (χ2v) is 5.58. The third-order valence-electron chi connectivity index (χ3n) is 3.47. The van der Waals surface area contributed by atoms with Gasteiger partial charge in [0.15, 0.2) is 10.4 Å². The lowest BCUT2D eigenvalue weighted by atomic mass is 10.1. The molecule has 0 saturated heterocycles. The molecule has 0 spiro atoms. The van der Waals surface area contributed by atoms with Gasteiger partial charge in [-0.3, -0.25) is 4.57 Å². The first-order valence-corrected chi connectivity index (χ1v) is 7.29. The molecule has 2 heterocycles. The highest BCUT2D eigenvalue weighted by atomic mass is 35.5. The number of nitrogens with one attached hydrogen (secondary N) is 1. The van der Waals surface area contributed by atoms with Crippen molar-refractivity contribution in [1.29, 1.82) is 0 Å². The van der Waals surface area contributed by atoms with Crippen LogP contribution >= 0.6 is 23.8 Å². The van der Waals surface area contributed by atoms with Gasteiger partial charge < -0.3 is 9.72 Å². The first kappa shape index (κ1) is 14.1. The largest absolute Gasteiger partial charge is 0.481 e. The van der Waals surface area contributed by atoms with Crippen LogP contribution in [0.25, 0.3) is 11.2 Å². The second-order valence-electron chi connectivity index (χ2n) is 4.76. The zero-order chi connectivity index (χ0) is 15.0. The average Bonchev–Trinajstić information content (AvgIpc) is 2.81. The van der Waals surface area contributed by atoms with Gasteiger partial charge in [0.2, 0.25) is 5.88 Å². The van der Waals surface area contributed by atoms with Crippen molar-refractivity contribution >= 4 is 35.0 Å². The van der Waals surface area contributed by atoms with Crippen LogP contribution in [0.15, 0.2) is 36.4 Å². The van der Waals surface area contributed by atoms with Crippen LogP contribution in [0.2, 0.25) is 5.02 Å². The van der Waals surface area contributed by atoms with E-state index in [0.717, 1.165) is 16.7 Å². The first-order valence-electron chi connectivity index (χ1n) is 6.51. The molecule has 0 bridgehead atoms. The van der Waals surface area contributed by atoms with E-state index in [4.69, 9.17) is 28.6 Å². The quantitative estimate of drug-likeness (QED) is 0.729. The zero-order valence-corrected chi connectivity index (χ0v) is 13.2. The number of nitrogens with zero attached hydrogens (tertiary/aromatic N) is 2. The normalized spacial score (nSPS) is 12.5. The van der Waals surface area contributed by atoms with Crippen LogP contribution in [0.3, 0.4) is 0 Å². The maximum absolute atomic E-state index is 6.08. The SMILES string of the molecule is COc1ccc2[nH]c(=S)n(C(C)c3cccc(Cl)c3)c2n1. The highest BCUT2D eigenvalue weighted by Crippen LogP contribution is 2.26. The number of hydrogen-bond donors (Lipinski definition) is 1. The van der Waals surface area contributed by atoms with Crippen molar-refractivity contribution in [2.24, 2.45) is 0 Å². The van der Waals surface area contributed by atoms with E-state index in [1.807, 2.05) is 41.0 Å². The topological polar surface area (TPSA) is 42.8 Å². The molecular weight excluding hydrogens is 306 g/mol. The van der Waals surface area contributed by atoms with E-state index in [0.29, 0.717) is 15.7 Å². The number of fused-ring (bicyclic) bond motifs is 1. The summed E-state index contributed by atoms with van der Waals surface area (Å²) in [6, 6.07) is 11.5. The fourth-order valence-corrected chi connectivity index (χ4v) is 2.93. The van der Waals surface area contributed by atoms with Crippen LogP contribution in [-0.2, 0) is 0 Å². The summed E-state index contributed by atoms with van der Waals surface area (Å²) in [5.74, 6) is 0.559. The summed E-state index contributed by atoms with van der Waals surface area (Å²) in [6.07, 6.45) is 0. The monoisotopic (exact) mass is 319 g/mol. The third-order valence-corrected chi connectivity index (χ3v) is 4.00. The summed E-state index contributed by atoms with van der Waals surface area (Å²) in [6.45, 7) is 2.07. The summed E-state index contributed by atoms with van der Waals surface area (Å²) in [7, 11) is 1.60. The lowest BCUT2D eigenvalue weighted by Crippen LogP contribution is -2.07. The summed E-state index contributed by atoms with van der Waals surface area (Å²) in [5.41, 5.74) is 2.73. The average molecular weight is 320 g/mol. The Balaban J connectivity index is 2.19. The first-order chi connectivity index (χ1) is 10.1. The summed E-state index contributed by atoms with van der Waals surface area (Å²) in [4.78, 5) is 7.66. The maximum Gasteiger partial charge on any atom is 0.215 e. The number of H-pyrrole nitrogens is 1. The van der Waals surface area contributed by atoms with Crippen LogP contribution < -0.4 is 4.74 Å². The Morgan fingerprint density at radius 1 is 1.33 bits per heavy atom. The fourth-order valence-electron chi connectivity index (χ4n) is 2.37. The number of benzene rings is 1. The summed E-state index contributed by atoms with van der Waals surface area (Å²) >= 11 is 11.5. The van der Waals surface area contributed by atoms with Gasteiger partial charge in [-0.25, -0.2) is 0 Å². The van der Waals surface area contributed by atoms with Crippen molar-refractivity contribution < 1.29 is 4.74 Å². The Morgan fingerprint density at radius 3 is 2.86 bits per heavy atom. The van der Waals surface area contributed by atoms with Gasteiger partial charge >= 0.3 is 0 Å². The standard InChI is InChI=1S/C15H14ClN3OS/c1-9(10-4-3-5-11(16)8-10)19-14-12(17-15(19)21)6-7-13(18-14)20-2/h3-9H,1-2H3,(H,17,21). The van der Waals surface area contributed by atoms with Crippen LogP contribution in [0.5, 0.6) is 5.88 Å². The zero-order valence-electron chi connectivity index (χ0n) is 11.6. The maximum atomic E-state index is 6.08. The van der Waals surface area contributed by atoms with Crippen LogP contribution in [0, 0.1) is 4.77 Å². The number of pyridine rings is 1. The van der Waals surface area contributed by atoms with E-state index in [1.54, 1.807) is 7.11 Å². The molecule has 0 fully saturated rings. The molecule has 21 heavy (non-hydrogen) atoms. The van der Waals surface area contributed by atoms with Crippen LogP contribution in [0.4, 0.5) is 0 Å². The van der Waals surface area contributed by atoms with Crippen LogP contribution in [0.1, 0.15) is 18.5 Å². The molecule has 1 N–H and O–H groups in total. The lowest BCUT2D eigenvalue weighted by Gasteiger charge is -2.15. The fraction of sp³-hybridized carbons (Fsp3) is 0.200. The predicted molar refractivity (Wildman–Crippen MR) is 86.7 cm³/mol. The van der Waals surface area contributed by atoms with E-state index in [2.05, 4.69) is 16.9 Å². The van der Waals surface area contributed by atoms with Gasteiger partial charge in [0.1, 0.15) is 0 Å². The number of ether oxygens (including phenoxy) is 1. The van der Waals surface area contributed by atoms with Gasteiger partial charge in [-0.2, -0.15) is 4.98 Å². The molecule has 108 valence electrons. The minimum atomic E-state index is 0.0181. The van der Waals surface area contributed by atoms with Crippen molar-refractivity contribution in [3.8, 4) is 5.88 Å². The minimum Gasteiger partial charge on any atom is -0.481 e. The van der Waals surface area contributed by atoms with Gasteiger partial charge in [0.25, 0.3) is 0 Å². The molecule has 1 unspecified atom stereocenters. The molecule has 0 aliphatic rings. The Bertz CT molecular complexity index is 855. The Kier molecular flexibility index (Phi) is 3.69. The molecule has 0 radical (unpaired) electrons. The van der Waals surface area contributed by atoms with E-state index in [1.165, 1.54) is 0 Å². The highest BCUT2D eigenvalue weighted by molar-refractivity contribution is 7.71. The van der Waals surface area contributed by atoms with Gasteiger partial charge in [0.05, 0.1) is 18.7 Å². The Morgan fingerprint density at radius 2 is 2.14 bits per heavy atom. The second kappa shape index (κ2) is 5.50. The molecule has 3 aromatic rings. The number of imidazole rings is 1. The molecule has 0 aliphatic heterocycles. The molecule has 2 aromatic heterocycles. The number of aromatic amines is 1. The van der Waals surface area contributed by atoms with E-state index in [9.17, 15) is 0 Å². The van der Waals surface area contributed by atoms with Gasteiger partial charge in [-0.15, -0.1) is 0 Å². The number of halogens is 1.